The third kappa shape index (κ3) is 4.55. The van der Waals surface area contributed by atoms with Gasteiger partial charge in [0.2, 0.25) is 15.9 Å². The van der Waals surface area contributed by atoms with Gasteiger partial charge in [-0.3, -0.25) is 9.78 Å². The molecular formula is C12H20N4O3S. The molecule has 1 aromatic rings. The fourth-order valence-corrected chi connectivity index (χ4v) is 2.49. The lowest BCUT2D eigenvalue weighted by Crippen LogP contribution is -2.40. The van der Waals surface area contributed by atoms with Crippen LogP contribution < -0.4 is 11.1 Å². The summed E-state index contributed by atoms with van der Waals surface area (Å²) in [5, 5.41) is 2.65. The standard InChI is InChI=1S/C12H20N4O3S/c1-10(6-13)7-15-12(17)9-16(2)20(18,19)11-4-3-5-14-8-11/h3-5,8,10H,6-7,9,13H2,1-2H3,(H,15,17). The van der Waals surface area contributed by atoms with Crippen LogP contribution in [-0.2, 0) is 14.8 Å². The van der Waals surface area contributed by atoms with E-state index in [2.05, 4.69) is 10.3 Å². The predicted octanol–water partition coefficient (Wildman–Crippen LogP) is -0.587. The Morgan fingerprint density at radius 1 is 1.55 bits per heavy atom. The lowest BCUT2D eigenvalue weighted by atomic mass is 10.2. The molecule has 0 radical (unpaired) electrons. The van der Waals surface area contributed by atoms with E-state index in [1.165, 1.54) is 31.6 Å². The van der Waals surface area contributed by atoms with Gasteiger partial charge in [-0.25, -0.2) is 8.42 Å². The molecule has 3 N–H and O–H groups in total. The Balaban J connectivity index is 2.62. The van der Waals surface area contributed by atoms with Gasteiger partial charge in [0.05, 0.1) is 6.54 Å². The van der Waals surface area contributed by atoms with Gasteiger partial charge in [0, 0.05) is 26.0 Å². The highest BCUT2D eigenvalue weighted by atomic mass is 32.2. The average molecular weight is 300 g/mol. The van der Waals surface area contributed by atoms with E-state index in [1.54, 1.807) is 0 Å². The minimum Gasteiger partial charge on any atom is -0.355 e. The molecule has 8 heteroatoms. The Morgan fingerprint density at radius 2 is 2.25 bits per heavy atom. The zero-order valence-corrected chi connectivity index (χ0v) is 12.4. The number of carbonyl (C=O) groups is 1. The van der Waals surface area contributed by atoms with E-state index in [1.807, 2.05) is 6.92 Å². The van der Waals surface area contributed by atoms with Crippen LogP contribution in [0.3, 0.4) is 0 Å². The molecule has 0 spiro atoms. The molecule has 1 heterocycles. The van der Waals surface area contributed by atoms with Crippen LogP contribution in [0.5, 0.6) is 0 Å². The first-order chi connectivity index (χ1) is 9.37. The molecule has 0 saturated carbocycles. The van der Waals surface area contributed by atoms with E-state index in [0.717, 1.165) is 4.31 Å². The molecule has 1 amide bonds. The van der Waals surface area contributed by atoms with Crippen LogP contribution in [0.25, 0.3) is 0 Å². The van der Waals surface area contributed by atoms with Crippen LogP contribution in [0.1, 0.15) is 6.92 Å². The van der Waals surface area contributed by atoms with Crippen molar-refractivity contribution in [3.05, 3.63) is 24.5 Å². The SMILES string of the molecule is CC(CN)CNC(=O)CN(C)S(=O)(=O)c1cccnc1. The number of likely N-dealkylation sites (N-methyl/N-ethyl adjacent to an activating group) is 1. The van der Waals surface area contributed by atoms with Gasteiger partial charge in [0.25, 0.3) is 0 Å². The highest BCUT2D eigenvalue weighted by Gasteiger charge is 2.22. The molecule has 1 rings (SSSR count). The van der Waals surface area contributed by atoms with Crippen LogP contribution >= 0.6 is 0 Å². The van der Waals surface area contributed by atoms with Crippen LogP contribution in [0.4, 0.5) is 0 Å². The molecule has 7 nitrogen and oxygen atoms in total. The predicted molar refractivity (Wildman–Crippen MR) is 75.3 cm³/mol. The highest BCUT2D eigenvalue weighted by Crippen LogP contribution is 2.11. The summed E-state index contributed by atoms with van der Waals surface area (Å²) in [6.07, 6.45) is 2.74. The smallest absolute Gasteiger partial charge is 0.244 e. The van der Waals surface area contributed by atoms with Crippen molar-refractivity contribution in [1.82, 2.24) is 14.6 Å². The van der Waals surface area contributed by atoms with Gasteiger partial charge in [-0.1, -0.05) is 6.92 Å². The number of pyridine rings is 1. The molecule has 0 saturated heterocycles. The first-order valence-electron chi connectivity index (χ1n) is 6.21. The number of nitrogens with zero attached hydrogens (tertiary/aromatic N) is 2. The summed E-state index contributed by atoms with van der Waals surface area (Å²) in [4.78, 5) is 15.5. The number of sulfonamides is 1. The largest absolute Gasteiger partial charge is 0.355 e. The van der Waals surface area contributed by atoms with Crippen molar-refractivity contribution in [1.29, 1.82) is 0 Å². The average Bonchev–Trinajstić information content (AvgIpc) is 2.45. The summed E-state index contributed by atoms with van der Waals surface area (Å²) in [6.45, 7) is 2.55. The topological polar surface area (TPSA) is 105 Å². The van der Waals surface area contributed by atoms with E-state index in [4.69, 9.17) is 5.73 Å². The molecule has 0 aliphatic heterocycles. The van der Waals surface area contributed by atoms with Crippen LogP contribution in [0.2, 0.25) is 0 Å². The first-order valence-corrected chi connectivity index (χ1v) is 7.65. The molecule has 1 atom stereocenters. The molecule has 20 heavy (non-hydrogen) atoms. The number of nitrogens with one attached hydrogen (secondary N) is 1. The molecule has 0 aliphatic carbocycles. The third-order valence-electron chi connectivity index (χ3n) is 2.76. The van der Waals surface area contributed by atoms with Crippen molar-refractivity contribution < 1.29 is 13.2 Å². The maximum atomic E-state index is 12.1. The Kier molecular flexibility index (Phi) is 6.05. The Morgan fingerprint density at radius 3 is 2.80 bits per heavy atom. The van der Waals surface area contributed by atoms with Gasteiger partial charge in [-0.15, -0.1) is 0 Å². The molecule has 1 unspecified atom stereocenters. The number of hydrogen-bond acceptors (Lipinski definition) is 5. The van der Waals surface area contributed by atoms with E-state index in [9.17, 15) is 13.2 Å². The summed E-state index contributed by atoms with van der Waals surface area (Å²) in [6, 6.07) is 2.97. The third-order valence-corrected chi connectivity index (χ3v) is 4.55. The molecule has 1 aromatic heterocycles. The maximum Gasteiger partial charge on any atom is 0.244 e. The van der Waals surface area contributed by atoms with Crippen molar-refractivity contribution in [3.8, 4) is 0 Å². The highest BCUT2D eigenvalue weighted by molar-refractivity contribution is 7.89. The summed E-state index contributed by atoms with van der Waals surface area (Å²) >= 11 is 0. The Hall–Kier alpha value is -1.51. The first kappa shape index (κ1) is 16.5. The summed E-state index contributed by atoms with van der Waals surface area (Å²) in [7, 11) is -2.34. The van der Waals surface area contributed by atoms with Crippen LogP contribution in [0.15, 0.2) is 29.4 Å². The van der Waals surface area contributed by atoms with Crippen molar-refractivity contribution >= 4 is 15.9 Å². The normalized spacial score (nSPS) is 13.2. The number of nitrogens with two attached hydrogens (primary N) is 1. The maximum absolute atomic E-state index is 12.1. The van der Waals surface area contributed by atoms with Crippen LogP contribution in [0, 0.1) is 5.92 Å². The minimum atomic E-state index is -3.69. The van der Waals surface area contributed by atoms with Gasteiger partial charge in [-0.05, 0) is 24.6 Å². The summed E-state index contributed by atoms with van der Waals surface area (Å²) in [5.41, 5.74) is 5.44. The Bertz CT molecular complexity index is 533. The molecular weight excluding hydrogens is 280 g/mol. The Labute approximate surface area is 119 Å². The molecule has 0 bridgehead atoms. The second kappa shape index (κ2) is 7.32. The van der Waals surface area contributed by atoms with Gasteiger partial charge in [-0.2, -0.15) is 4.31 Å². The van der Waals surface area contributed by atoms with E-state index < -0.39 is 10.0 Å². The monoisotopic (exact) mass is 300 g/mol. The quantitative estimate of drug-likeness (QED) is 0.700. The van der Waals surface area contributed by atoms with Crippen molar-refractivity contribution in [2.75, 3.05) is 26.7 Å². The fraction of sp³-hybridized carbons (Fsp3) is 0.500. The summed E-state index contributed by atoms with van der Waals surface area (Å²) in [5.74, 6) is -0.209. The number of hydrogen-bond donors (Lipinski definition) is 2. The number of aromatic nitrogens is 1. The zero-order chi connectivity index (χ0) is 15.2. The molecule has 0 aromatic carbocycles. The van der Waals surface area contributed by atoms with E-state index in [-0.39, 0.29) is 23.3 Å². The van der Waals surface area contributed by atoms with Gasteiger partial charge >= 0.3 is 0 Å². The minimum absolute atomic E-state index is 0.0608. The molecule has 0 fully saturated rings. The second-order valence-corrected chi connectivity index (χ2v) is 6.64. The van der Waals surface area contributed by atoms with E-state index in [0.29, 0.717) is 13.1 Å². The number of carbonyl (C=O) groups excluding carboxylic acids is 1. The number of amides is 1. The summed E-state index contributed by atoms with van der Waals surface area (Å²) < 4.78 is 25.3. The van der Waals surface area contributed by atoms with Gasteiger partial charge < -0.3 is 11.1 Å². The molecule has 0 aliphatic rings. The van der Waals surface area contributed by atoms with Gasteiger partial charge in [0.1, 0.15) is 4.90 Å². The van der Waals surface area contributed by atoms with Gasteiger partial charge in [0.15, 0.2) is 0 Å². The van der Waals surface area contributed by atoms with Crippen molar-refractivity contribution in [2.45, 2.75) is 11.8 Å². The second-order valence-electron chi connectivity index (χ2n) is 4.59. The van der Waals surface area contributed by atoms with E-state index >= 15 is 0 Å². The molecule has 112 valence electrons. The lowest BCUT2D eigenvalue weighted by Gasteiger charge is -2.17. The zero-order valence-electron chi connectivity index (χ0n) is 11.6. The fourth-order valence-electron chi connectivity index (χ4n) is 1.39. The lowest BCUT2D eigenvalue weighted by molar-refractivity contribution is -0.121. The number of rotatable bonds is 7. The van der Waals surface area contributed by atoms with Crippen LogP contribution in [-0.4, -0.2) is 50.3 Å². The van der Waals surface area contributed by atoms with Crippen molar-refractivity contribution in [2.24, 2.45) is 11.7 Å². The van der Waals surface area contributed by atoms with Crippen molar-refractivity contribution in [3.63, 3.8) is 0 Å².